The molecule has 44 heavy (non-hydrogen) atoms. The van der Waals surface area contributed by atoms with Gasteiger partial charge >= 0.3 is 0 Å². The van der Waals surface area contributed by atoms with Crippen LogP contribution in [0.2, 0.25) is 15.1 Å². The lowest BCUT2D eigenvalue weighted by Crippen LogP contribution is -2.47. The lowest BCUT2D eigenvalue weighted by atomic mass is 9.99. The Morgan fingerprint density at radius 1 is 0.955 bits per heavy atom. The summed E-state index contributed by atoms with van der Waals surface area (Å²) in [6, 6.07) is 24.0. The van der Waals surface area contributed by atoms with E-state index in [-0.39, 0.29) is 19.6 Å². The molecule has 1 aliphatic rings. The molecule has 1 amide bonds. The van der Waals surface area contributed by atoms with E-state index in [0.717, 1.165) is 66.4 Å². The monoisotopic (exact) mass is 654 g/mol. The number of benzene rings is 4. The number of nitrogens with zero attached hydrogens (tertiary/aromatic N) is 3. The zero-order chi connectivity index (χ0) is 30.3. The second kappa shape index (κ2) is 15.3. The molecule has 0 unspecified atom stereocenters. The van der Waals surface area contributed by atoms with Gasteiger partial charge in [0.1, 0.15) is 18.1 Å². The van der Waals surface area contributed by atoms with E-state index in [1.54, 1.807) is 6.21 Å². The first-order valence-electron chi connectivity index (χ1n) is 13.9. The number of halogens is 3. The fourth-order valence-corrected chi connectivity index (χ4v) is 5.44. The summed E-state index contributed by atoms with van der Waals surface area (Å²) >= 11 is 18.2. The van der Waals surface area contributed by atoms with Crippen LogP contribution in [0.15, 0.2) is 84.0 Å². The van der Waals surface area contributed by atoms with Crippen LogP contribution < -0.4 is 15.1 Å². The third-order valence-electron chi connectivity index (χ3n) is 7.27. The summed E-state index contributed by atoms with van der Waals surface area (Å²) < 4.78 is 6.41. The average Bonchev–Trinajstić information content (AvgIpc) is 3.01. The van der Waals surface area contributed by atoms with E-state index in [1.165, 1.54) is 18.2 Å². The van der Waals surface area contributed by atoms with Gasteiger partial charge in [0.05, 0.1) is 21.3 Å². The number of amides is 1. The van der Waals surface area contributed by atoms with E-state index in [2.05, 4.69) is 20.3 Å². The fourth-order valence-electron chi connectivity index (χ4n) is 4.97. The number of hydrazone groups is 1. The molecule has 1 fully saturated rings. The standard InChI is InChI=1S/C33H31Cl3N4O3.CH4.H2/c1-22-17-23(21-37-38-33(42)25-7-10-31(41)30(36)19-25)18-27(24-5-3-2-4-6-24)32(22)43-16-15-39-11-13-40(14-12-39)26-8-9-28(34)29(35)20-26;;/h2-10,17-21,41H,11-16H2,1H3,(H,38,42);1H4;1H/b37-21+;;. The molecule has 0 aliphatic carbocycles. The number of rotatable bonds is 9. The van der Waals surface area contributed by atoms with E-state index < -0.39 is 5.91 Å². The van der Waals surface area contributed by atoms with Crippen molar-refractivity contribution < 1.29 is 16.1 Å². The minimum atomic E-state index is -0.434. The van der Waals surface area contributed by atoms with Gasteiger partial charge in [0.2, 0.25) is 0 Å². The number of piperazine rings is 1. The third kappa shape index (κ3) is 8.24. The molecule has 10 heteroatoms. The Labute approximate surface area is 275 Å². The number of anilines is 1. The number of aryl methyl sites for hydroxylation is 1. The SMILES string of the molecule is C.Cc1cc(/C=N/NC(=O)c2ccc(O)c(Cl)c2)cc(-c2ccccc2)c1OCCN1CCN(c2ccc(Cl)c(Cl)c2)CC1.[HH]. The van der Waals surface area contributed by atoms with Gasteiger partial charge in [0.25, 0.3) is 5.91 Å². The molecule has 0 saturated carbocycles. The van der Waals surface area contributed by atoms with Crippen LogP contribution >= 0.6 is 34.8 Å². The Bertz CT molecular complexity index is 1630. The normalized spacial score (nSPS) is 13.5. The summed E-state index contributed by atoms with van der Waals surface area (Å²) in [6.07, 6.45) is 1.59. The summed E-state index contributed by atoms with van der Waals surface area (Å²) in [5.41, 5.74) is 7.63. The smallest absolute Gasteiger partial charge is 0.271 e. The van der Waals surface area contributed by atoms with Gasteiger partial charge in [-0.05, 0) is 72.1 Å². The highest BCUT2D eigenvalue weighted by atomic mass is 35.5. The van der Waals surface area contributed by atoms with Crippen molar-refractivity contribution >= 4 is 52.6 Å². The number of hydrogen-bond acceptors (Lipinski definition) is 6. The van der Waals surface area contributed by atoms with Gasteiger partial charge < -0.3 is 14.7 Å². The van der Waals surface area contributed by atoms with Crippen LogP contribution in [0, 0.1) is 6.92 Å². The average molecular weight is 656 g/mol. The number of carbonyl (C=O) groups is 1. The molecule has 4 aromatic rings. The van der Waals surface area contributed by atoms with E-state index in [1.807, 2.05) is 67.6 Å². The van der Waals surface area contributed by atoms with Crippen molar-refractivity contribution in [1.29, 1.82) is 0 Å². The van der Waals surface area contributed by atoms with Crippen molar-refractivity contribution in [2.24, 2.45) is 5.10 Å². The van der Waals surface area contributed by atoms with Crippen molar-refractivity contribution in [2.45, 2.75) is 14.4 Å². The minimum Gasteiger partial charge on any atom is -0.506 e. The molecule has 0 spiro atoms. The summed E-state index contributed by atoms with van der Waals surface area (Å²) in [5.74, 6) is 0.298. The topological polar surface area (TPSA) is 77.4 Å². The Balaban J connectivity index is 0.00000276. The Morgan fingerprint density at radius 2 is 1.70 bits per heavy atom. The predicted molar refractivity (Wildman–Crippen MR) is 184 cm³/mol. The maximum atomic E-state index is 12.5. The highest BCUT2D eigenvalue weighted by molar-refractivity contribution is 6.42. The zero-order valence-corrected chi connectivity index (χ0v) is 25.8. The maximum absolute atomic E-state index is 12.5. The molecule has 1 aliphatic heterocycles. The van der Waals surface area contributed by atoms with E-state index in [9.17, 15) is 9.90 Å². The third-order valence-corrected chi connectivity index (χ3v) is 8.31. The molecule has 0 radical (unpaired) electrons. The van der Waals surface area contributed by atoms with Crippen molar-refractivity contribution in [2.75, 3.05) is 44.2 Å². The molecule has 232 valence electrons. The maximum Gasteiger partial charge on any atom is 0.271 e. The van der Waals surface area contributed by atoms with E-state index >= 15 is 0 Å². The van der Waals surface area contributed by atoms with Crippen molar-refractivity contribution in [3.8, 4) is 22.6 Å². The van der Waals surface area contributed by atoms with Gasteiger partial charge in [-0.1, -0.05) is 72.6 Å². The summed E-state index contributed by atoms with van der Waals surface area (Å²) in [6.45, 7) is 7.00. The molecule has 1 saturated heterocycles. The lowest BCUT2D eigenvalue weighted by Gasteiger charge is -2.36. The molecule has 2 N–H and O–H groups in total. The molecule has 5 rings (SSSR count). The Kier molecular flexibility index (Phi) is 11.5. The summed E-state index contributed by atoms with van der Waals surface area (Å²) in [4.78, 5) is 17.2. The first-order valence-corrected chi connectivity index (χ1v) is 15.0. The van der Waals surface area contributed by atoms with Gasteiger partial charge in [0, 0.05) is 51.0 Å². The van der Waals surface area contributed by atoms with Gasteiger partial charge in [0.15, 0.2) is 0 Å². The number of aromatic hydroxyl groups is 1. The number of phenols is 1. The molecule has 1 heterocycles. The predicted octanol–water partition coefficient (Wildman–Crippen LogP) is 8.17. The van der Waals surface area contributed by atoms with Gasteiger partial charge in [-0.2, -0.15) is 5.10 Å². The van der Waals surface area contributed by atoms with Crippen molar-refractivity contribution in [3.05, 3.63) is 111 Å². The largest absolute Gasteiger partial charge is 0.506 e. The van der Waals surface area contributed by atoms with Crippen LogP contribution in [0.1, 0.15) is 30.3 Å². The van der Waals surface area contributed by atoms with Crippen LogP contribution in [0.4, 0.5) is 5.69 Å². The highest BCUT2D eigenvalue weighted by Crippen LogP contribution is 2.34. The minimum absolute atomic E-state index is 0. The highest BCUT2D eigenvalue weighted by Gasteiger charge is 2.19. The van der Waals surface area contributed by atoms with Crippen LogP contribution in [0.3, 0.4) is 0 Å². The van der Waals surface area contributed by atoms with Crippen molar-refractivity contribution in [1.82, 2.24) is 10.3 Å². The number of phenolic OH excluding ortho intramolecular Hbond substituents is 1. The Hall–Kier alpha value is -3.75. The van der Waals surface area contributed by atoms with Crippen LogP contribution in [-0.2, 0) is 0 Å². The molecular weight excluding hydrogens is 619 g/mol. The molecule has 7 nitrogen and oxygen atoms in total. The summed E-state index contributed by atoms with van der Waals surface area (Å²) in [7, 11) is 0. The van der Waals surface area contributed by atoms with Gasteiger partial charge in [-0.3, -0.25) is 9.69 Å². The first-order chi connectivity index (χ1) is 20.8. The van der Waals surface area contributed by atoms with Crippen LogP contribution in [0.25, 0.3) is 11.1 Å². The lowest BCUT2D eigenvalue weighted by molar-refractivity contribution is 0.0955. The molecule has 4 aromatic carbocycles. The zero-order valence-electron chi connectivity index (χ0n) is 23.6. The van der Waals surface area contributed by atoms with Crippen LogP contribution in [0.5, 0.6) is 11.5 Å². The number of ether oxygens (including phenoxy) is 1. The van der Waals surface area contributed by atoms with Gasteiger partial charge in [-0.25, -0.2) is 5.43 Å². The first kappa shape index (κ1) is 33.1. The van der Waals surface area contributed by atoms with E-state index in [0.29, 0.717) is 22.2 Å². The molecular formula is C34H37Cl3N4O3. The van der Waals surface area contributed by atoms with Gasteiger partial charge in [-0.15, -0.1) is 0 Å². The molecule has 0 bridgehead atoms. The number of hydrogen-bond donors (Lipinski definition) is 2. The number of nitrogens with one attached hydrogen (secondary N) is 1. The van der Waals surface area contributed by atoms with E-state index in [4.69, 9.17) is 39.5 Å². The Morgan fingerprint density at radius 3 is 2.41 bits per heavy atom. The quantitative estimate of drug-likeness (QED) is 0.141. The molecule has 0 aromatic heterocycles. The summed E-state index contributed by atoms with van der Waals surface area (Å²) in [5, 5.41) is 15.0. The fraction of sp³-hybridized carbons (Fsp3) is 0.235. The second-order valence-corrected chi connectivity index (χ2v) is 11.4. The number of carbonyl (C=O) groups excluding carboxylic acids is 1. The second-order valence-electron chi connectivity index (χ2n) is 10.2. The van der Waals surface area contributed by atoms with Crippen LogP contribution in [-0.4, -0.2) is 61.5 Å². The van der Waals surface area contributed by atoms with Crippen molar-refractivity contribution in [3.63, 3.8) is 0 Å². The molecule has 0 atom stereocenters.